The summed E-state index contributed by atoms with van der Waals surface area (Å²) in [5.74, 6) is 2.02. The maximum atomic E-state index is 12.0. The van der Waals surface area contributed by atoms with E-state index in [-0.39, 0.29) is 12.1 Å². The second-order valence-corrected chi connectivity index (χ2v) is 11.3. The summed E-state index contributed by atoms with van der Waals surface area (Å²) >= 11 is 0. The molecule has 2 fully saturated rings. The zero-order valence-corrected chi connectivity index (χ0v) is 21.5. The number of carboxylic acid groups (broad SMARTS) is 1. The van der Waals surface area contributed by atoms with Crippen LogP contribution < -0.4 is 15.0 Å². The number of nitrogens with one attached hydrogen (secondary N) is 1. The highest BCUT2D eigenvalue weighted by Crippen LogP contribution is 2.52. The van der Waals surface area contributed by atoms with Crippen LogP contribution in [-0.4, -0.2) is 46.0 Å². The lowest BCUT2D eigenvalue weighted by Gasteiger charge is -2.55. The van der Waals surface area contributed by atoms with Gasteiger partial charge in [0.2, 0.25) is 0 Å². The number of imidazole rings is 1. The van der Waals surface area contributed by atoms with Crippen LogP contribution in [0.15, 0.2) is 36.4 Å². The molecule has 1 saturated heterocycles. The molecule has 3 aromatic rings. The highest BCUT2D eigenvalue weighted by Gasteiger charge is 2.49. The van der Waals surface area contributed by atoms with Crippen LogP contribution in [0.25, 0.3) is 11.0 Å². The van der Waals surface area contributed by atoms with Gasteiger partial charge >= 0.3 is 6.09 Å². The van der Waals surface area contributed by atoms with E-state index in [1.54, 1.807) is 0 Å². The Morgan fingerprint density at radius 3 is 2.72 bits per heavy atom. The average Bonchev–Trinajstić information content (AvgIpc) is 3.13. The van der Waals surface area contributed by atoms with Crippen molar-refractivity contribution in [3.8, 4) is 5.75 Å². The fourth-order valence-electron chi connectivity index (χ4n) is 6.51. The lowest BCUT2D eigenvalue weighted by atomic mass is 9.61. The molecule has 1 saturated carbocycles. The Bertz CT molecular complexity index is 1300. The Morgan fingerprint density at radius 1 is 1.22 bits per heavy atom. The van der Waals surface area contributed by atoms with E-state index < -0.39 is 6.09 Å². The van der Waals surface area contributed by atoms with Crippen molar-refractivity contribution in [2.24, 2.45) is 5.41 Å². The van der Waals surface area contributed by atoms with Crippen LogP contribution in [0.2, 0.25) is 0 Å². The van der Waals surface area contributed by atoms with Gasteiger partial charge in [-0.1, -0.05) is 12.1 Å². The quantitative estimate of drug-likeness (QED) is 0.489. The molecule has 7 heteroatoms. The number of carbonyl (C=O) groups is 1. The zero-order chi connectivity index (χ0) is 25.0. The van der Waals surface area contributed by atoms with E-state index in [1.807, 2.05) is 32.9 Å². The van der Waals surface area contributed by atoms with Crippen LogP contribution in [0.4, 0.5) is 10.5 Å². The Morgan fingerprint density at radius 2 is 2.03 bits per heavy atom. The van der Waals surface area contributed by atoms with Crippen molar-refractivity contribution in [1.82, 2.24) is 14.9 Å². The van der Waals surface area contributed by atoms with E-state index in [0.29, 0.717) is 11.5 Å². The number of aryl methyl sites for hydroxylation is 3. The molecule has 190 valence electrons. The molecular weight excluding hydrogens is 452 g/mol. The molecule has 7 nitrogen and oxygen atoms in total. The second kappa shape index (κ2) is 8.80. The van der Waals surface area contributed by atoms with Crippen LogP contribution >= 0.6 is 0 Å². The molecular formula is C29H36N4O3. The minimum Gasteiger partial charge on any atom is -0.491 e. The minimum atomic E-state index is -0.885. The average molecular weight is 489 g/mol. The number of rotatable bonds is 6. The number of fused-ring (bicyclic) bond motifs is 3. The normalized spacial score (nSPS) is 20.9. The predicted molar refractivity (Wildman–Crippen MR) is 141 cm³/mol. The van der Waals surface area contributed by atoms with E-state index in [9.17, 15) is 9.90 Å². The van der Waals surface area contributed by atoms with Crippen LogP contribution in [0.5, 0.6) is 5.75 Å². The van der Waals surface area contributed by atoms with Crippen molar-refractivity contribution >= 4 is 22.8 Å². The zero-order valence-electron chi connectivity index (χ0n) is 21.5. The van der Waals surface area contributed by atoms with E-state index in [2.05, 4.69) is 34.1 Å². The third-order valence-electron chi connectivity index (χ3n) is 8.34. The summed E-state index contributed by atoms with van der Waals surface area (Å²) in [5, 5.41) is 13.3. The first-order chi connectivity index (χ1) is 17.3. The van der Waals surface area contributed by atoms with Crippen LogP contribution in [0.1, 0.15) is 63.0 Å². The summed E-state index contributed by atoms with van der Waals surface area (Å²) < 4.78 is 8.39. The monoisotopic (exact) mass is 488 g/mol. The standard InChI is InChI=1S/C29H36N4O3/c1-18(2)36-22-6-4-5-20(13-22)8-12-26-31-27-23-9-7-19(3)32(28(34)35)24(23)10-11-25(27)33(26)21-14-29(15-21)16-30-17-29/h4-6,10-11,13,18-19,21,30H,7-9,12,14-17H2,1-3H3,(H,34,35)/t19-/m0/s1. The van der Waals surface area contributed by atoms with Gasteiger partial charge in [0.1, 0.15) is 11.6 Å². The molecule has 1 aromatic heterocycles. The van der Waals surface area contributed by atoms with Gasteiger partial charge in [0.25, 0.3) is 0 Å². The first-order valence-electron chi connectivity index (χ1n) is 13.3. The van der Waals surface area contributed by atoms with Crippen LogP contribution in [-0.2, 0) is 19.3 Å². The molecule has 2 aromatic carbocycles. The highest BCUT2D eigenvalue weighted by atomic mass is 16.5. The molecule has 0 unspecified atom stereocenters. The number of anilines is 1. The van der Waals surface area contributed by atoms with E-state index >= 15 is 0 Å². The molecule has 2 aliphatic heterocycles. The first kappa shape index (κ1) is 23.3. The number of ether oxygens (including phenoxy) is 1. The van der Waals surface area contributed by atoms with Crippen molar-refractivity contribution in [3.05, 3.63) is 53.3 Å². The SMILES string of the molecule is CC(C)Oc1cccc(CCc2nc3c4c(ccc3n2C2CC3(CNC3)C2)N(C(=O)O)[C@@H](C)CC4)c1. The maximum Gasteiger partial charge on any atom is 0.412 e. The number of amides is 1. The van der Waals surface area contributed by atoms with Crippen LogP contribution in [0.3, 0.4) is 0 Å². The number of benzene rings is 2. The first-order valence-corrected chi connectivity index (χ1v) is 13.3. The second-order valence-electron chi connectivity index (χ2n) is 11.3. The van der Waals surface area contributed by atoms with Gasteiger partial charge in [-0.2, -0.15) is 0 Å². The Balaban J connectivity index is 1.36. The van der Waals surface area contributed by atoms with Gasteiger partial charge < -0.3 is 19.7 Å². The molecule has 3 heterocycles. The molecule has 6 rings (SSSR count). The molecule has 36 heavy (non-hydrogen) atoms. The lowest BCUT2D eigenvalue weighted by molar-refractivity contribution is 0.00810. The molecule has 1 amide bonds. The van der Waals surface area contributed by atoms with E-state index in [0.717, 1.165) is 72.6 Å². The van der Waals surface area contributed by atoms with Crippen molar-refractivity contribution in [3.63, 3.8) is 0 Å². The lowest BCUT2D eigenvalue weighted by Crippen LogP contribution is -2.60. The van der Waals surface area contributed by atoms with Gasteiger partial charge in [-0.3, -0.25) is 4.90 Å². The third-order valence-corrected chi connectivity index (χ3v) is 8.34. The van der Waals surface area contributed by atoms with Gasteiger partial charge in [-0.15, -0.1) is 0 Å². The van der Waals surface area contributed by atoms with Crippen molar-refractivity contribution in [2.45, 2.75) is 77.5 Å². The summed E-state index contributed by atoms with van der Waals surface area (Å²) in [5.41, 5.74) is 5.74. The summed E-state index contributed by atoms with van der Waals surface area (Å²) in [6.07, 6.45) is 5.05. The van der Waals surface area contributed by atoms with Gasteiger partial charge in [0.05, 0.1) is 22.8 Å². The predicted octanol–water partition coefficient (Wildman–Crippen LogP) is 5.35. The summed E-state index contributed by atoms with van der Waals surface area (Å²) in [7, 11) is 0. The summed E-state index contributed by atoms with van der Waals surface area (Å²) in [4.78, 5) is 18.8. The maximum absolute atomic E-state index is 12.0. The smallest absolute Gasteiger partial charge is 0.412 e. The van der Waals surface area contributed by atoms with Crippen LogP contribution in [0, 0.1) is 5.41 Å². The Hall–Kier alpha value is -3.06. The van der Waals surface area contributed by atoms with Gasteiger partial charge in [-0.05, 0) is 88.1 Å². The fourth-order valence-corrected chi connectivity index (χ4v) is 6.51. The van der Waals surface area contributed by atoms with Crippen molar-refractivity contribution < 1.29 is 14.6 Å². The van der Waals surface area contributed by atoms with Gasteiger partial charge in [-0.25, -0.2) is 9.78 Å². The molecule has 3 aliphatic rings. The molecule has 1 atom stereocenters. The third kappa shape index (κ3) is 3.94. The molecule has 2 N–H and O–H groups in total. The highest BCUT2D eigenvalue weighted by molar-refractivity contribution is 5.94. The van der Waals surface area contributed by atoms with Crippen molar-refractivity contribution in [1.29, 1.82) is 0 Å². The summed E-state index contributed by atoms with van der Waals surface area (Å²) in [6.45, 7) is 8.32. The van der Waals surface area contributed by atoms with E-state index in [4.69, 9.17) is 9.72 Å². The summed E-state index contributed by atoms with van der Waals surface area (Å²) in [6, 6.07) is 12.9. The topological polar surface area (TPSA) is 79.6 Å². The van der Waals surface area contributed by atoms with E-state index in [1.165, 1.54) is 23.3 Å². The van der Waals surface area contributed by atoms with Gasteiger partial charge in [0.15, 0.2) is 0 Å². The molecule has 0 bridgehead atoms. The Labute approximate surface area is 212 Å². The minimum absolute atomic E-state index is 0.0213. The number of hydrogen-bond acceptors (Lipinski definition) is 4. The molecule has 0 radical (unpaired) electrons. The Kier molecular flexibility index (Phi) is 5.71. The largest absolute Gasteiger partial charge is 0.491 e. The fraction of sp³-hybridized carbons (Fsp3) is 0.517. The van der Waals surface area contributed by atoms with Gasteiger partial charge in [0, 0.05) is 37.2 Å². The number of aromatic nitrogens is 2. The number of hydrogen-bond donors (Lipinski definition) is 2. The molecule has 1 spiro atoms. The number of nitrogens with zero attached hydrogens (tertiary/aromatic N) is 3. The van der Waals surface area contributed by atoms with Crippen molar-refractivity contribution in [2.75, 3.05) is 18.0 Å². The molecule has 1 aliphatic carbocycles.